The normalized spacial score (nSPS) is 27.9. The summed E-state index contributed by atoms with van der Waals surface area (Å²) in [7, 11) is 0. The van der Waals surface area contributed by atoms with Crippen molar-refractivity contribution in [3.63, 3.8) is 0 Å². The first-order valence-electron chi connectivity index (χ1n) is 7.26. The monoisotopic (exact) mass is 309 g/mol. The average Bonchev–Trinajstić information content (AvgIpc) is 3.03. The summed E-state index contributed by atoms with van der Waals surface area (Å²) < 4.78 is 5.52. The molecule has 1 spiro atoms. The Morgan fingerprint density at radius 2 is 2.14 bits per heavy atom. The molecule has 0 radical (unpaired) electrons. The van der Waals surface area contributed by atoms with E-state index in [1.54, 1.807) is 19.1 Å². The molecule has 1 saturated heterocycles. The van der Waals surface area contributed by atoms with Crippen molar-refractivity contribution in [2.24, 2.45) is 0 Å². The van der Waals surface area contributed by atoms with Gasteiger partial charge in [0.05, 0.1) is 11.4 Å². The molecule has 1 aromatic heterocycles. The largest absolute Gasteiger partial charge is 0.438 e. The summed E-state index contributed by atoms with van der Waals surface area (Å²) in [5.74, 6) is -0.171. The number of hydrogen-bond acceptors (Lipinski definition) is 5. The summed E-state index contributed by atoms with van der Waals surface area (Å²) in [4.78, 5) is 26.1. The number of rotatable bonds is 3. The van der Waals surface area contributed by atoms with E-state index in [4.69, 9.17) is 4.74 Å². The van der Waals surface area contributed by atoms with Gasteiger partial charge in [-0.1, -0.05) is 12.5 Å². The molecule has 1 aliphatic heterocycles. The number of ether oxygens (including phenoxy) is 1. The van der Waals surface area contributed by atoms with E-state index in [9.17, 15) is 14.7 Å². The molecule has 2 heterocycles. The Labute approximate surface area is 127 Å². The number of carbonyl (C=O) groups excluding carboxylic acids is 2. The first-order chi connectivity index (χ1) is 9.96. The molecular weight excluding hydrogens is 290 g/mol. The Morgan fingerprint density at radius 3 is 2.76 bits per heavy atom. The summed E-state index contributed by atoms with van der Waals surface area (Å²) in [6.07, 6.45) is 3.65. The Morgan fingerprint density at radius 1 is 1.43 bits per heavy atom. The van der Waals surface area contributed by atoms with E-state index < -0.39 is 17.4 Å². The van der Waals surface area contributed by atoms with Crippen LogP contribution in [0.4, 0.5) is 4.79 Å². The van der Waals surface area contributed by atoms with Crippen LogP contribution in [-0.2, 0) is 4.74 Å². The van der Waals surface area contributed by atoms with E-state index in [0.717, 1.165) is 19.3 Å². The molecule has 2 fully saturated rings. The minimum atomic E-state index is -1.43. The maximum absolute atomic E-state index is 12.2. The number of nitrogens with zero attached hydrogens (tertiary/aromatic N) is 1. The zero-order valence-electron chi connectivity index (χ0n) is 12.0. The summed E-state index contributed by atoms with van der Waals surface area (Å²) in [5.41, 5.74) is -2.30. The summed E-state index contributed by atoms with van der Waals surface area (Å²) in [6.45, 7) is 1.44. The predicted molar refractivity (Wildman–Crippen MR) is 78.3 cm³/mol. The van der Waals surface area contributed by atoms with Crippen LogP contribution in [0, 0.1) is 0 Å². The maximum Gasteiger partial charge on any atom is 0.413 e. The van der Waals surface area contributed by atoms with Crippen LogP contribution in [0.25, 0.3) is 0 Å². The molecule has 5 nitrogen and oxygen atoms in total. The molecule has 3 rings (SSSR count). The fourth-order valence-corrected chi connectivity index (χ4v) is 3.98. The highest BCUT2D eigenvalue weighted by Gasteiger charge is 2.62. The third kappa shape index (κ3) is 2.26. The molecular formula is C15H19NO4S. The second-order valence-corrected chi connectivity index (χ2v) is 6.88. The van der Waals surface area contributed by atoms with Gasteiger partial charge in [-0.2, -0.15) is 0 Å². The fraction of sp³-hybridized carbons (Fsp3) is 0.600. The van der Waals surface area contributed by atoms with Crippen LogP contribution in [0.15, 0.2) is 17.5 Å². The van der Waals surface area contributed by atoms with Gasteiger partial charge in [-0.05, 0) is 44.1 Å². The van der Waals surface area contributed by atoms with Gasteiger partial charge in [0.15, 0.2) is 17.1 Å². The highest BCUT2D eigenvalue weighted by Crippen LogP contribution is 2.46. The molecule has 1 amide bonds. The number of aliphatic hydroxyl groups is 1. The maximum atomic E-state index is 12.2. The quantitative estimate of drug-likeness (QED) is 0.872. The van der Waals surface area contributed by atoms with E-state index in [0.29, 0.717) is 17.7 Å². The lowest BCUT2D eigenvalue weighted by Gasteiger charge is -2.41. The second kappa shape index (κ2) is 5.10. The second-order valence-electron chi connectivity index (χ2n) is 5.93. The molecule has 1 N–H and O–H groups in total. The molecule has 1 aromatic rings. The Bertz CT molecular complexity index is 546. The van der Waals surface area contributed by atoms with Gasteiger partial charge in [-0.15, -0.1) is 11.3 Å². The van der Waals surface area contributed by atoms with Gasteiger partial charge in [0.2, 0.25) is 0 Å². The van der Waals surface area contributed by atoms with Crippen molar-refractivity contribution in [3.8, 4) is 0 Å². The van der Waals surface area contributed by atoms with Crippen LogP contribution in [-0.4, -0.2) is 39.8 Å². The summed E-state index contributed by atoms with van der Waals surface area (Å²) >= 11 is 1.33. The van der Waals surface area contributed by atoms with Crippen molar-refractivity contribution < 1.29 is 19.4 Å². The highest BCUT2D eigenvalue weighted by atomic mass is 32.1. The zero-order valence-corrected chi connectivity index (χ0v) is 12.8. The van der Waals surface area contributed by atoms with Gasteiger partial charge in [0, 0.05) is 0 Å². The van der Waals surface area contributed by atoms with Crippen LogP contribution >= 0.6 is 11.3 Å². The van der Waals surface area contributed by atoms with Crippen molar-refractivity contribution in [2.75, 3.05) is 6.54 Å². The molecule has 6 heteroatoms. The minimum Gasteiger partial charge on any atom is -0.438 e. The first kappa shape index (κ1) is 14.5. The summed E-state index contributed by atoms with van der Waals surface area (Å²) in [6, 6.07) is 3.51. The average molecular weight is 309 g/mol. The van der Waals surface area contributed by atoms with E-state index in [-0.39, 0.29) is 12.3 Å². The fourth-order valence-electron chi connectivity index (χ4n) is 3.32. The lowest BCUT2D eigenvalue weighted by atomic mass is 9.77. The molecule has 0 aromatic carbocycles. The molecule has 1 aliphatic carbocycles. The van der Waals surface area contributed by atoms with Crippen LogP contribution in [0.5, 0.6) is 0 Å². The molecule has 114 valence electrons. The number of hydrogen-bond donors (Lipinski definition) is 1. The molecule has 1 saturated carbocycles. The molecule has 21 heavy (non-hydrogen) atoms. The molecule has 0 bridgehead atoms. The van der Waals surface area contributed by atoms with E-state index in [1.807, 2.05) is 5.38 Å². The van der Waals surface area contributed by atoms with E-state index in [1.165, 1.54) is 16.2 Å². The Balaban J connectivity index is 1.82. The minimum absolute atomic E-state index is 0.145. The van der Waals surface area contributed by atoms with E-state index >= 15 is 0 Å². The van der Waals surface area contributed by atoms with Crippen molar-refractivity contribution in [2.45, 2.75) is 50.4 Å². The molecule has 2 aliphatic rings. The standard InChI is InChI=1S/C15H19NO4S/c1-14(19)15(7-3-2-4-8-15)20-13(18)16(14)10-11(17)12-6-5-9-21-12/h5-6,9,19H,2-4,7-8,10H2,1H3/t14-/m1/s1. The number of amides is 1. The van der Waals surface area contributed by atoms with Gasteiger partial charge in [-0.25, -0.2) is 4.79 Å². The predicted octanol–water partition coefficient (Wildman–Crippen LogP) is 2.79. The Kier molecular flexibility index (Phi) is 3.53. The molecule has 1 atom stereocenters. The summed E-state index contributed by atoms with van der Waals surface area (Å²) in [5, 5.41) is 12.7. The number of thiophene rings is 1. The van der Waals surface area contributed by atoms with Crippen molar-refractivity contribution in [1.82, 2.24) is 4.90 Å². The number of Topliss-reactive ketones (excluding diaryl/α,β-unsaturated/α-hetero) is 1. The van der Waals surface area contributed by atoms with Crippen molar-refractivity contribution in [3.05, 3.63) is 22.4 Å². The van der Waals surface area contributed by atoms with Gasteiger partial charge in [0.25, 0.3) is 0 Å². The van der Waals surface area contributed by atoms with Gasteiger partial charge in [0.1, 0.15) is 0 Å². The van der Waals surface area contributed by atoms with Crippen LogP contribution in [0.3, 0.4) is 0 Å². The van der Waals surface area contributed by atoms with Gasteiger partial charge < -0.3 is 9.84 Å². The highest BCUT2D eigenvalue weighted by molar-refractivity contribution is 7.12. The lowest BCUT2D eigenvalue weighted by Crippen LogP contribution is -2.58. The van der Waals surface area contributed by atoms with Crippen LogP contribution in [0.1, 0.15) is 48.7 Å². The van der Waals surface area contributed by atoms with Crippen LogP contribution in [0.2, 0.25) is 0 Å². The lowest BCUT2D eigenvalue weighted by molar-refractivity contribution is -0.156. The third-order valence-corrected chi connectivity index (χ3v) is 5.56. The zero-order chi connectivity index (χ0) is 15.1. The van der Waals surface area contributed by atoms with Gasteiger partial charge >= 0.3 is 6.09 Å². The topological polar surface area (TPSA) is 66.8 Å². The first-order valence-corrected chi connectivity index (χ1v) is 8.14. The number of ketones is 1. The Hall–Kier alpha value is -1.40. The molecule has 0 unspecified atom stereocenters. The smallest absolute Gasteiger partial charge is 0.413 e. The SMILES string of the molecule is C[C@]1(O)N(CC(=O)c2cccs2)C(=O)OC12CCCCC2. The van der Waals surface area contributed by atoms with Crippen molar-refractivity contribution in [1.29, 1.82) is 0 Å². The van der Waals surface area contributed by atoms with E-state index in [2.05, 4.69) is 0 Å². The number of carbonyl (C=O) groups is 2. The third-order valence-electron chi connectivity index (χ3n) is 4.65. The van der Waals surface area contributed by atoms with Crippen LogP contribution < -0.4 is 0 Å². The van der Waals surface area contributed by atoms with Crippen molar-refractivity contribution >= 4 is 23.2 Å². The van der Waals surface area contributed by atoms with Gasteiger partial charge in [-0.3, -0.25) is 9.69 Å².